The Labute approximate surface area is 182 Å². The van der Waals surface area contributed by atoms with Gasteiger partial charge in [-0.3, -0.25) is 14.5 Å². The van der Waals surface area contributed by atoms with Crippen LogP contribution in [0.25, 0.3) is 10.8 Å². The number of anilines is 1. The van der Waals surface area contributed by atoms with Crippen LogP contribution in [-0.4, -0.2) is 29.3 Å². The second-order valence-electron chi connectivity index (χ2n) is 7.15. The number of hydrogen-bond donors (Lipinski definition) is 2. The maximum atomic E-state index is 13.2. The Morgan fingerprint density at radius 2 is 1.80 bits per heavy atom. The van der Waals surface area contributed by atoms with Crippen molar-refractivity contribution >= 4 is 57.5 Å². The smallest absolute Gasteiger partial charge is 0.323 e. The topological polar surface area (TPSA) is 78.5 Å². The molecule has 1 aliphatic heterocycles. The van der Waals surface area contributed by atoms with Gasteiger partial charge in [0.2, 0.25) is 5.91 Å². The van der Waals surface area contributed by atoms with Crippen LogP contribution in [0.5, 0.6) is 0 Å². The fourth-order valence-electron chi connectivity index (χ4n) is 3.61. The van der Waals surface area contributed by atoms with Gasteiger partial charge in [-0.05, 0) is 41.5 Å². The minimum atomic E-state index is -1.29. The van der Waals surface area contributed by atoms with Crippen LogP contribution in [0.4, 0.5) is 10.5 Å². The summed E-state index contributed by atoms with van der Waals surface area (Å²) in [7, 11) is 0. The number of nitrogens with zero attached hydrogens (tertiary/aromatic N) is 1. The molecular weight excluding hydrogens is 425 g/mol. The van der Waals surface area contributed by atoms with E-state index in [0.717, 1.165) is 15.7 Å². The van der Waals surface area contributed by atoms with Gasteiger partial charge in [0.15, 0.2) is 0 Å². The van der Waals surface area contributed by atoms with E-state index < -0.39 is 29.9 Å². The van der Waals surface area contributed by atoms with Crippen LogP contribution >= 0.6 is 23.2 Å². The molecule has 0 aliphatic carbocycles. The quantitative estimate of drug-likeness (QED) is 0.582. The summed E-state index contributed by atoms with van der Waals surface area (Å²) in [5, 5.41) is 7.82. The van der Waals surface area contributed by atoms with Gasteiger partial charge in [0.25, 0.3) is 5.91 Å². The minimum absolute atomic E-state index is 0.297. The van der Waals surface area contributed by atoms with Gasteiger partial charge < -0.3 is 10.6 Å². The molecule has 0 aromatic heterocycles. The molecule has 0 spiro atoms. The number of imide groups is 1. The van der Waals surface area contributed by atoms with Gasteiger partial charge in [0, 0.05) is 5.02 Å². The van der Waals surface area contributed by atoms with Gasteiger partial charge in [0.1, 0.15) is 12.1 Å². The van der Waals surface area contributed by atoms with Crippen LogP contribution in [0.2, 0.25) is 10.0 Å². The largest absolute Gasteiger partial charge is 0.325 e. The molecule has 1 saturated heterocycles. The Balaban J connectivity index is 1.59. The van der Waals surface area contributed by atoms with E-state index in [-0.39, 0.29) is 0 Å². The normalized spacial score (nSPS) is 18.6. The zero-order valence-corrected chi connectivity index (χ0v) is 17.4. The first-order valence-corrected chi connectivity index (χ1v) is 9.92. The predicted molar refractivity (Wildman–Crippen MR) is 117 cm³/mol. The summed E-state index contributed by atoms with van der Waals surface area (Å²) in [6.07, 6.45) is 0. The van der Waals surface area contributed by atoms with E-state index >= 15 is 0 Å². The van der Waals surface area contributed by atoms with Crippen molar-refractivity contribution in [3.8, 4) is 0 Å². The first-order chi connectivity index (χ1) is 14.3. The van der Waals surface area contributed by atoms with Crippen molar-refractivity contribution in [3.05, 3.63) is 76.3 Å². The maximum absolute atomic E-state index is 13.2. The molecule has 1 unspecified atom stereocenters. The molecule has 0 radical (unpaired) electrons. The lowest BCUT2D eigenvalue weighted by molar-refractivity contribution is -0.133. The van der Waals surface area contributed by atoms with Crippen LogP contribution in [0.3, 0.4) is 0 Å². The Morgan fingerprint density at radius 3 is 2.60 bits per heavy atom. The standard InChI is InChI=1S/C22H17Cl2N3O3/c1-22(16-8-4-6-13-5-2-3-7-15(13)16)20(29)27(21(30)26-22)12-19(28)25-18-11-14(23)9-10-17(18)24/h2-11H,12H2,1H3,(H,25,28)(H,26,30). The Morgan fingerprint density at radius 1 is 1.07 bits per heavy atom. The van der Waals surface area contributed by atoms with E-state index in [0.29, 0.717) is 21.3 Å². The predicted octanol–water partition coefficient (Wildman–Crippen LogP) is 4.55. The molecule has 1 atom stereocenters. The van der Waals surface area contributed by atoms with E-state index in [4.69, 9.17) is 23.2 Å². The highest BCUT2D eigenvalue weighted by Gasteiger charge is 2.50. The Hall–Kier alpha value is -3.09. The number of nitrogens with one attached hydrogen (secondary N) is 2. The molecule has 152 valence electrons. The van der Waals surface area contributed by atoms with Gasteiger partial charge >= 0.3 is 6.03 Å². The number of carbonyl (C=O) groups excluding carboxylic acids is 3. The molecule has 1 aliphatic rings. The van der Waals surface area contributed by atoms with Gasteiger partial charge in [-0.2, -0.15) is 0 Å². The maximum Gasteiger partial charge on any atom is 0.325 e. The number of hydrogen-bond acceptors (Lipinski definition) is 3. The number of urea groups is 1. The molecule has 8 heteroatoms. The van der Waals surface area contributed by atoms with Crippen LogP contribution in [-0.2, 0) is 15.1 Å². The fraction of sp³-hybridized carbons (Fsp3) is 0.136. The molecule has 30 heavy (non-hydrogen) atoms. The summed E-state index contributed by atoms with van der Waals surface area (Å²) >= 11 is 12.0. The van der Waals surface area contributed by atoms with E-state index in [1.54, 1.807) is 25.1 Å². The summed E-state index contributed by atoms with van der Waals surface area (Å²) in [4.78, 5) is 39.2. The molecule has 3 aromatic carbocycles. The number of amides is 4. The zero-order chi connectivity index (χ0) is 21.5. The molecule has 1 fully saturated rings. The fourth-order valence-corrected chi connectivity index (χ4v) is 3.95. The molecule has 0 saturated carbocycles. The Kier molecular flexibility index (Phi) is 5.13. The van der Waals surface area contributed by atoms with E-state index in [1.165, 1.54) is 6.07 Å². The van der Waals surface area contributed by atoms with Crippen molar-refractivity contribution in [2.24, 2.45) is 0 Å². The van der Waals surface area contributed by atoms with Crippen molar-refractivity contribution in [2.75, 3.05) is 11.9 Å². The summed E-state index contributed by atoms with van der Waals surface area (Å²) in [5.41, 5.74) is -0.316. The molecule has 4 rings (SSSR count). The molecule has 2 N–H and O–H groups in total. The third-order valence-corrected chi connectivity index (χ3v) is 5.67. The van der Waals surface area contributed by atoms with E-state index in [9.17, 15) is 14.4 Å². The lowest BCUT2D eigenvalue weighted by Gasteiger charge is -2.24. The lowest BCUT2D eigenvalue weighted by atomic mass is 9.88. The number of halogens is 2. The molecule has 6 nitrogen and oxygen atoms in total. The number of carbonyl (C=O) groups is 3. The van der Waals surface area contributed by atoms with Crippen LogP contribution < -0.4 is 10.6 Å². The summed E-state index contributed by atoms with van der Waals surface area (Å²) in [5.74, 6) is -1.07. The highest BCUT2D eigenvalue weighted by atomic mass is 35.5. The van der Waals surface area contributed by atoms with Crippen molar-refractivity contribution in [1.82, 2.24) is 10.2 Å². The van der Waals surface area contributed by atoms with Gasteiger partial charge in [0.05, 0.1) is 10.7 Å². The average Bonchev–Trinajstić information content (AvgIpc) is 2.94. The monoisotopic (exact) mass is 441 g/mol. The average molecular weight is 442 g/mol. The van der Waals surface area contributed by atoms with Crippen molar-refractivity contribution in [1.29, 1.82) is 0 Å². The van der Waals surface area contributed by atoms with Crippen molar-refractivity contribution in [2.45, 2.75) is 12.5 Å². The van der Waals surface area contributed by atoms with Crippen molar-refractivity contribution < 1.29 is 14.4 Å². The number of rotatable bonds is 4. The first-order valence-electron chi connectivity index (χ1n) is 9.17. The molecule has 3 aromatic rings. The second kappa shape index (κ2) is 7.63. The van der Waals surface area contributed by atoms with Gasteiger partial charge in [-0.1, -0.05) is 65.7 Å². The summed E-state index contributed by atoms with van der Waals surface area (Å²) in [6.45, 7) is 1.19. The van der Waals surface area contributed by atoms with Crippen LogP contribution in [0, 0.1) is 0 Å². The van der Waals surface area contributed by atoms with Gasteiger partial charge in [-0.15, -0.1) is 0 Å². The van der Waals surface area contributed by atoms with Gasteiger partial charge in [-0.25, -0.2) is 4.79 Å². The number of fused-ring (bicyclic) bond motifs is 1. The van der Waals surface area contributed by atoms with E-state index in [2.05, 4.69) is 10.6 Å². The van der Waals surface area contributed by atoms with Crippen molar-refractivity contribution in [3.63, 3.8) is 0 Å². The SMILES string of the molecule is CC1(c2cccc3ccccc23)NC(=O)N(CC(=O)Nc2cc(Cl)ccc2Cl)C1=O. The minimum Gasteiger partial charge on any atom is -0.323 e. The van der Waals surface area contributed by atoms with E-state index in [1.807, 2.05) is 36.4 Å². The third-order valence-electron chi connectivity index (χ3n) is 5.11. The Bertz CT molecular complexity index is 1190. The van der Waals surface area contributed by atoms with Crippen LogP contribution in [0.15, 0.2) is 60.7 Å². The third kappa shape index (κ3) is 3.49. The first kappa shape index (κ1) is 20.2. The molecule has 1 heterocycles. The van der Waals surface area contributed by atoms with Crippen LogP contribution in [0.1, 0.15) is 12.5 Å². The highest BCUT2D eigenvalue weighted by Crippen LogP contribution is 2.34. The summed E-state index contributed by atoms with van der Waals surface area (Å²) in [6, 6.07) is 17.2. The zero-order valence-electron chi connectivity index (χ0n) is 15.9. The molecular formula is C22H17Cl2N3O3. The number of benzene rings is 3. The second-order valence-corrected chi connectivity index (χ2v) is 7.99. The highest BCUT2D eigenvalue weighted by molar-refractivity contribution is 6.35. The molecule has 0 bridgehead atoms. The molecule has 4 amide bonds. The summed E-state index contributed by atoms with van der Waals surface area (Å²) < 4.78 is 0. The lowest BCUT2D eigenvalue weighted by Crippen LogP contribution is -2.42.